The van der Waals surface area contributed by atoms with Crippen molar-refractivity contribution in [3.63, 3.8) is 0 Å². The summed E-state index contributed by atoms with van der Waals surface area (Å²) in [6.45, 7) is 1.39. The molecule has 2 rings (SSSR count). The van der Waals surface area contributed by atoms with E-state index in [0.717, 1.165) is 0 Å². The molecule has 22 heavy (non-hydrogen) atoms. The van der Waals surface area contributed by atoms with E-state index in [4.69, 9.17) is 0 Å². The van der Waals surface area contributed by atoms with Crippen LogP contribution in [-0.4, -0.2) is 11.2 Å². The highest BCUT2D eigenvalue weighted by atomic mass is 19.1. The molecule has 0 fully saturated rings. The first kappa shape index (κ1) is 17.2. The van der Waals surface area contributed by atoms with Crippen molar-refractivity contribution >= 4 is 12.4 Å². The molecule has 0 aliphatic carbocycles. The summed E-state index contributed by atoms with van der Waals surface area (Å²) in [5.74, 6) is -0.670. The average molecular weight is 305 g/mol. The van der Waals surface area contributed by atoms with E-state index in [2.05, 4.69) is 0 Å². The van der Waals surface area contributed by atoms with Crippen molar-refractivity contribution < 1.29 is 18.5 Å². The fraction of sp³-hybridized carbons (Fsp3) is 0.0625. The zero-order valence-electron chi connectivity index (χ0n) is 11.7. The van der Waals surface area contributed by atoms with E-state index in [-0.39, 0.29) is 17.3 Å². The van der Waals surface area contributed by atoms with Crippen LogP contribution in [0.3, 0.4) is 0 Å². The third kappa shape index (κ3) is 6.04. The summed E-state index contributed by atoms with van der Waals surface area (Å²) in [7, 11) is 0. The lowest BCUT2D eigenvalue weighted by atomic mass is 10.2. The van der Waals surface area contributed by atoms with Crippen LogP contribution in [0.5, 0.6) is 0 Å². The lowest BCUT2D eigenvalue weighted by Crippen LogP contribution is -1.92. The largest absolute Gasteiger partial charge is 0.298 e. The molecule has 4 nitrogen and oxygen atoms in total. The van der Waals surface area contributed by atoms with Crippen LogP contribution in [0.4, 0.5) is 8.78 Å². The Morgan fingerprint density at radius 1 is 0.955 bits per heavy atom. The Balaban J connectivity index is 0.000000235. The van der Waals surface area contributed by atoms with Gasteiger partial charge in [-0.2, -0.15) is 0 Å². The second-order valence-corrected chi connectivity index (χ2v) is 4.26. The number of nitrogens with zero attached hydrogens (tertiary/aromatic N) is 1. The molecular weight excluding hydrogens is 292 g/mol. The zero-order chi connectivity index (χ0) is 16.5. The number of rotatable bonds is 3. The van der Waals surface area contributed by atoms with E-state index in [0.29, 0.717) is 17.4 Å². The quantitative estimate of drug-likeness (QED) is 0.487. The summed E-state index contributed by atoms with van der Waals surface area (Å²) in [5, 5.41) is 10.2. The lowest BCUT2D eigenvalue weighted by molar-refractivity contribution is -0.422. The summed E-state index contributed by atoms with van der Waals surface area (Å²) >= 11 is 0. The summed E-state index contributed by atoms with van der Waals surface area (Å²) < 4.78 is 24.5. The summed E-state index contributed by atoms with van der Waals surface area (Å²) in [6.07, 6.45) is 2.07. The smallest absolute Gasteiger partial charge is 0.243 e. The van der Waals surface area contributed by atoms with Crippen molar-refractivity contribution in [2.45, 2.75) is 6.92 Å². The predicted octanol–water partition coefficient (Wildman–Crippen LogP) is 4.10. The number of nitro groups is 1. The van der Waals surface area contributed by atoms with Crippen LogP contribution >= 0.6 is 0 Å². The molecule has 0 amide bonds. The molecule has 0 spiro atoms. The van der Waals surface area contributed by atoms with Gasteiger partial charge >= 0.3 is 0 Å². The van der Waals surface area contributed by atoms with Crippen molar-refractivity contribution in [1.29, 1.82) is 0 Å². The van der Waals surface area contributed by atoms with Crippen LogP contribution in [0.25, 0.3) is 6.08 Å². The number of aldehydes is 1. The van der Waals surface area contributed by atoms with Gasteiger partial charge in [0.15, 0.2) is 0 Å². The van der Waals surface area contributed by atoms with E-state index in [1.54, 1.807) is 0 Å². The molecule has 0 saturated heterocycles. The molecule has 0 N–H and O–H groups in total. The lowest BCUT2D eigenvalue weighted by Gasteiger charge is -1.92. The van der Waals surface area contributed by atoms with E-state index in [1.807, 2.05) is 0 Å². The molecule has 0 aromatic heterocycles. The fourth-order valence-corrected chi connectivity index (χ4v) is 1.39. The van der Waals surface area contributed by atoms with Gasteiger partial charge in [0.2, 0.25) is 5.70 Å². The molecule has 2 aromatic rings. The molecule has 0 unspecified atom stereocenters. The highest BCUT2D eigenvalue weighted by Crippen LogP contribution is 2.08. The normalized spacial score (nSPS) is 10.4. The molecule has 0 aliphatic heterocycles. The molecule has 0 aliphatic rings. The van der Waals surface area contributed by atoms with Gasteiger partial charge < -0.3 is 0 Å². The van der Waals surface area contributed by atoms with Crippen LogP contribution in [0, 0.1) is 21.7 Å². The maximum absolute atomic E-state index is 12.4. The number of carbonyl (C=O) groups excluding carboxylic acids is 1. The molecule has 6 heteroatoms. The fourth-order valence-electron chi connectivity index (χ4n) is 1.39. The van der Waals surface area contributed by atoms with Gasteiger partial charge in [0, 0.05) is 18.6 Å². The summed E-state index contributed by atoms with van der Waals surface area (Å²) in [6, 6.07) is 10.9. The summed E-state index contributed by atoms with van der Waals surface area (Å²) in [4.78, 5) is 19.7. The Morgan fingerprint density at radius 2 is 1.36 bits per heavy atom. The number of carbonyl (C=O) groups is 1. The maximum atomic E-state index is 12.4. The number of benzene rings is 2. The Labute approximate surface area is 125 Å². The minimum atomic E-state index is -0.483. The van der Waals surface area contributed by atoms with E-state index in [1.165, 1.54) is 61.5 Å². The Kier molecular flexibility index (Phi) is 6.56. The highest BCUT2D eigenvalue weighted by Gasteiger charge is 2.01. The molecule has 0 radical (unpaired) electrons. The van der Waals surface area contributed by atoms with Crippen molar-refractivity contribution in [3.8, 4) is 0 Å². The van der Waals surface area contributed by atoms with E-state index in [9.17, 15) is 23.7 Å². The number of hydrogen-bond donors (Lipinski definition) is 0. The van der Waals surface area contributed by atoms with Crippen molar-refractivity contribution in [2.75, 3.05) is 0 Å². The highest BCUT2D eigenvalue weighted by molar-refractivity contribution is 5.74. The van der Waals surface area contributed by atoms with E-state index >= 15 is 0 Å². The van der Waals surface area contributed by atoms with Crippen LogP contribution < -0.4 is 0 Å². The number of halogens is 2. The van der Waals surface area contributed by atoms with Gasteiger partial charge in [0.25, 0.3) is 0 Å². The Bertz CT molecular complexity index is 665. The van der Waals surface area contributed by atoms with Gasteiger partial charge in [-0.15, -0.1) is 0 Å². The SMILES string of the molecule is C/C(=C\c1ccc(F)cc1)[N+](=O)[O-].O=Cc1ccc(F)cc1. The third-order valence-corrected chi connectivity index (χ3v) is 2.54. The predicted molar refractivity (Wildman–Crippen MR) is 78.8 cm³/mol. The maximum Gasteiger partial charge on any atom is 0.243 e. The second-order valence-electron chi connectivity index (χ2n) is 4.26. The first-order valence-corrected chi connectivity index (χ1v) is 6.21. The molecule has 0 saturated carbocycles. The zero-order valence-corrected chi connectivity index (χ0v) is 11.7. The Hall–Kier alpha value is -2.89. The van der Waals surface area contributed by atoms with Gasteiger partial charge in [-0.1, -0.05) is 12.1 Å². The molecule has 0 bridgehead atoms. The van der Waals surface area contributed by atoms with Crippen molar-refractivity contribution in [2.24, 2.45) is 0 Å². The molecule has 114 valence electrons. The van der Waals surface area contributed by atoms with Gasteiger partial charge in [0.05, 0.1) is 4.92 Å². The monoisotopic (exact) mass is 305 g/mol. The van der Waals surface area contributed by atoms with Crippen molar-refractivity contribution in [1.82, 2.24) is 0 Å². The molecule has 0 atom stereocenters. The third-order valence-electron chi connectivity index (χ3n) is 2.54. The van der Waals surface area contributed by atoms with Crippen LogP contribution in [0.15, 0.2) is 54.2 Å². The van der Waals surface area contributed by atoms with Gasteiger partial charge in [-0.25, -0.2) is 8.78 Å². The molecule has 0 heterocycles. The molecule has 2 aromatic carbocycles. The first-order valence-electron chi connectivity index (χ1n) is 6.21. The number of allylic oxidation sites excluding steroid dienone is 1. The van der Waals surface area contributed by atoms with Gasteiger partial charge in [-0.05, 0) is 42.0 Å². The second kappa shape index (κ2) is 8.41. The minimum Gasteiger partial charge on any atom is -0.298 e. The number of hydrogen-bond acceptors (Lipinski definition) is 3. The van der Waals surface area contributed by atoms with Crippen LogP contribution in [0.1, 0.15) is 22.8 Å². The topological polar surface area (TPSA) is 60.2 Å². The standard InChI is InChI=1S/C9H8FNO2.C7H5FO/c1-7(11(12)13)6-8-2-4-9(10)5-3-8;8-7-3-1-6(5-9)2-4-7/h2-6H,1H3;1-5H/b7-6+;. The van der Waals surface area contributed by atoms with Crippen LogP contribution in [-0.2, 0) is 0 Å². The molecular formula is C16H13F2NO3. The van der Waals surface area contributed by atoms with Gasteiger partial charge in [-0.3, -0.25) is 14.9 Å². The average Bonchev–Trinajstić information content (AvgIpc) is 2.51. The van der Waals surface area contributed by atoms with Crippen LogP contribution in [0.2, 0.25) is 0 Å². The van der Waals surface area contributed by atoms with E-state index < -0.39 is 4.92 Å². The first-order chi connectivity index (χ1) is 10.4. The van der Waals surface area contributed by atoms with Crippen molar-refractivity contribution in [3.05, 3.63) is 87.1 Å². The Morgan fingerprint density at radius 3 is 1.73 bits per heavy atom. The summed E-state index contributed by atoms with van der Waals surface area (Å²) in [5.41, 5.74) is 1.15. The van der Waals surface area contributed by atoms with Gasteiger partial charge in [0.1, 0.15) is 17.9 Å². The minimum absolute atomic E-state index is 0.0339.